The van der Waals surface area contributed by atoms with Crippen molar-refractivity contribution in [2.24, 2.45) is 5.92 Å². The molecule has 25 heavy (non-hydrogen) atoms. The van der Waals surface area contributed by atoms with E-state index in [1.807, 2.05) is 6.92 Å². The molecule has 0 aromatic heterocycles. The lowest BCUT2D eigenvalue weighted by atomic mass is 10.1. The number of methoxy groups -OCH3 is 1. The summed E-state index contributed by atoms with van der Waals surface area (Å²) in [5.74, 6) is 0.111. The van der Waals surface area contributed by atoms with E-state index >= 15 is 0 Å². The Bertz CT molecular complexity index is 653. The fourth-order valence-electron chi connectivity index (χ4n) is 2.34. The van der Waals surface area contributed by atoms with Gasteiger partial charge in [-0.2, -0.15) is 0 Å². The average Bonchev–Trinajstić information content (AvgIpc) is 3.42. The molecule has 0 bridgehead atoms. The van der Waals surface area contributed by atoms with Gasteiger partial charge in [-0.25, -0.2) is 4.79 Å². The maximum atomic E-state index is 11.7. The smallest absolute Gasteiger partial charge is 0.344 e. The van der Waals surface area contributed by atoms with E-state index in [2.05, 4.69) is 5.32 Å². The number of ether oxygens (including phenoxy) is 3. The van der Waals surface area contributed by atoms with Crippen LogP contribution in [0.3, 0.4) is 0 Å². The quantitative estimate of drug-likeness (QED) is 0.539. The van der Waals surface area contributed by atoms with Gasteiger partial charge in [-0.3, -0.25) is 9.59 Å². The second-order valence-electron chi connectivity index (χ2n) is 6.06. The van der Waals surface area contributed by atoms with Crippen LogP contribution in [0.4, 0.5) is 0 Å². The molecule has 1 atom stereocenters. The molecule has 1 N–H and O–H groups in total. The van der Waals surface area contributed by atoms with Crippen molar-refractivity contribution in [3.05, 3.63) is 23.8 Å². The summed E-state index contributed by atoms with van der Waals surface area (Å²) in [5.41, 5.74) is 0.480. The van der Waals surface area contributed by atoms with Crippen LogP contribution in [0.15, 0.2) is 18.2 Å². The largest absolute Gasteiger partial charge is 0.493 e. The lowest BCUT2D eigenvalue weighted by molar-refractivity contribution is -0.150. The third-order valence-corrected chi connectivity index (χ3v) is 4.00. The number of esters is 1. The van der Waals surface area contributed by atoms with Gasteiger partial charge in [0.2, 0.25) is 0 Å². The summed E-state index contributed by atoms with van der Waals surface area (Å²) in [7, 11) is 1.44. The standard InChI is InChI=1S/C18H23NO6/c1-11(13-4-5-13)19-17(21)9-25-18(22)10-24-15-7-6-14(12(2)20)8-16(15)23-3/h6-8,11,13H,4-5,9-10H2,1-3H3,(H,19,21)/t11-/m1/s1. The van der Waals surface area contributed by atoms with Crippen LogP contribution in [0.25, 0.3) is 0 Å². The number of hydrogen-bond donors (Lipinski definition) is 1. The number of carbonyl (C=O) groups excluding carboxylic acids is 3. The first-order valence-electron chi connectivity index (χ1n) is 8.17. The molecule has 0 unspecified atom stereocenters. The highest BCUT2D eigenvalue weighted by molar-refractivity contribution is 5.94. The molecule has 1 saturated carbocycles. The Morgan fingerprint density at radius 2 is 1.92 bits per heavy atom. The van der Waals surface area contributed by atoms with Gasteiger partial charge in [0.1, 0.15) is 0 Å². The normalized spacial score (nSPS) is 14.4. The number of nitrogens with one attached hydrogen (secondary N) is 1. The first kappa shape index (κ1) is 18.8. The molecule has 1 aliphatic carbocycles. The number of amides is 1. The van der Waals surface area contributed by atoms with Crippen LogP contribution >= 0.6 is 0 Å². The molecule has 7 nitrogen and oxygen atoms in total. The molecule has 136 valence electrons. The van der Waals surface area contributed by atoms with Crippen LogP contribution in [0.5, 0.6) is 11.5 Å². The molecular weight excluding hydrogens is 326 g/mol. The van der Waals surface area contributed by atoms with Crippen molar-refractivity contribution < 1.29 is 28.6 Å². The summed E-state index contributed by atoms with van der Waals surface area (Å²) in [5, 5.41) is 2.80. The summed E-state index contributed by atoms with van der Waals surface area (Å²) >= 11 is 0. The SMILES string of the molecule is COc1cc(C(C)=O)ccc1OCC(=O)OCC(=O)N[C@H](C)C1CC1. The van der Waals surface area contributed by atoms with Crippen molar-refractivity contribution in [3.63, 3.8) is 0 Å². The second kappa shape index (κ2) is 8.50. The summed E-state index contributed by atoms with van der Waals surface area (Å²) in [6.45, 7) is 2.69. The monoisotopic (exact) mass is 349 g/mol. The van der Waals surface area contributed by atoms with Crippen LogP contribution in [0.2, 0.25) is 0 Å². The highest BCUT2D eigenvalue weighted by Crippen LogP contribution is 2.32. The van der Waals surface area contributed by atoms with Crippen molar-refractivity contribution in [2.75, 3.05) is 20.3 Å². The first-order valence-corrected chi connectivity index (χ1v) is 8.17. The second-order valence-corrected chi connectivity index (χ2v) is 6.06. The van der Waals surface area contributed by atoms with Crippen LogP contribution in [0, 0.1) is 5.92 Å². The molecule has 0 spiro atoms. The zero-order valence-electron chi connectivity index (χ0n) is 14.7. The van der Waals surface area contributed by atoms with Gasteiger partial charge in [0, 0.05) is 11.6 Å². The van der Waals surface area contributed by atoms with Crippen molar-refractivity contribution in [1.82, 2.24) is 5.32 Å². The Kier molecular flexibility index (Phi) is 6.38. The summed E-state index contributed by atoms with van der Waals surface area (Å²) in [6, 6.07) is 4.77. The number of ketones is 1. The Balaban J connectivity index is 1.77. The topological polar surface area (TPSA) is 90.9 Å². The van der Waals surface area contributed by atoms with Crippen molar-refractivity contribution in [3.8, 4) is 11.5 Å². The minimum Gasteiger partial charge on any atom is -0.493 e. The van der Waals surface area contributed by atoms with Gasteiger partial charge in [0.25, 0.3) is 5.91 Å². The summed E-state index contributed by atoms with van der Waals surface area (Å²) in [4.78, 5) is 34.7. The molecule has 2 rings (SSSR count). The maximum absolute atomic E-state index is 11.7. The molecule has 1 aromatic carbocycles. The number of rotatable bonds is 9. The number of hydrogen-bond acceptors (Lipinski definition) is 6. The molecule has 1 aromatic rings. The van der Waals surface area contributed by atoms with Crippen LogP contribution in [0.1, 0.15) is 37.0 Å². The number of carbonyl (C=O) groups is 3. The summed E-state index contributed by atoms with van der Waals surface area (Å²) in [6.07, 6.45) is 2.25. The van der Waals surface area contributed by atoms with E-state index in [4.69, 9.17) is 14.2 Å². The molecular formula is C18H23NO6. The van der Waals surface area contributed by atoms with Gasteiger partial charge in [0.05, 0.1) is 7.11 Å². The fourth-order valence-corrected chi connectivity index (χ4v) is 2.34. The lowest BCUT2D eigenvalue weighted by Gasteiger charge is -2.13. The van der Waals surface area contributed by atoms with E-state index in [0.717, 1.165) is 12.8 Å². The predicted octanol–water partition coefficient (Wildman–Crippen LogP) is 1.73. The van der Waals surface area contributed by atoms with E-state index in [9.17, 15) is 14.4 Å². The predicted molar refractivity (Wildman–Crippen MR) is 89.8 cm³/mol. The Morgan fingerprint density at radius 3 is 2.52 bits per heavy atom. The molecule has 1 amide bonds. The van der Waals surface area contributed by atoms with E-state index in [1.54, 1.807) is 12.1 Å². The van der Waals surface area contributed by atoms with Crippen molar-refractivity contribution in [1.29, 1.82) is 0 Å². The zero-order chi connectivity index (χ0) is 18.4. The van der Waals surface area contributed by atoms with E-state index in [0.29, 0.717) is 23.0 Å². The molecule has 0 saturated heterocycles. The number of benzene rings is 1. The number of Topliss-reactive ketones (excluding diaryl/α,β-unsaturated/α-hetero) is 1. The highest BCUT2D eigenvalue weighted by atomic mass is 16.6. The van der Waals surface area contributed by atoms with Crippen molar-refractivity contribution >= 4 is 17.7 Å². The molecule has 0 aliphatic heterocycles. The molecule has 1 aliphatic rings. The first-order chi connectivity index (χ1) is 11.9. The van der Waals surface area contributed by atoms with Gasteiger partial charge < -0.3 is 19.5 Å². The fraction of sp³-hybridized carbons (Fsp3) is 0.500. The van der Waals surface area contributed by atoms with E-state index < -0.39 is 5.97 Å². The van der Waals surface area contributed by atoms with Gasteiger partial charge in [-0.1, -0.05) is 0 Å². The highest BCUT2D eigenvalue weighted by Gasteiger charge is 2.29. The van der Waals surface area contributed by atoms with Crippen LogP contribution in [-0.2, 0) is 14.3 Å². The minimum atomic E-state index is -0.660. The maximum Gasteiger partial charge on any atom is 0.344 e. The average molecular weight is 349 g/mol. The third-order valence-electron chi connectivity index (χ3n) is 4.00. The zero-order valence-corrected chi connectivity index (χ0v) is 14.7. The molecule has 0 heterocycles. The van der Waals surface area contributed by atoms with E-state index in [1.165, 1.54) is 20.1 Å². The Morgan fingerprint density at radius 1 is 1.20 bits per heavy atom. The molecule has 0 radical (unpaired) electrons. The van der Waals surface area contributed by atoms with Gasteiger partial charge in [-0.15, -0.1) is 0 Å². The van der Waals surface area contributed by atoms with Crippen LogP contribution in [-0.4, -0.2) is 44.0 Å². The van der Waals surface area contributed by atoms with Gasteiger partial charge in [0.15, 0.2) is 30.5 Å². The minimum absolute atomic E-state index is 0.101. The summed E-state index contributed by atoms with van der Waals surface area (Å²) < 4.78 is 15.4. The molecule has 1 fully saturated rings. The Hall–Kier alpha value is -2.57. The van der Waals surface area contributed by atoms with E-state index in [-0.39, 0.29) is 30.9 Å². The Labute approximate surface area is 146 Å². The lowest BCUT2D eigenvalue weighted by Crippen LogP contribution is -2.37. The third kappa shape index (κ3) is 5.77. The van der Waals surface area contributed by atoms with Gasteiger partial charge >= 0.3 is 5.97 Å². The van der Waals surface area contributed by atoms with Crippen molar-refractivity contribution in [2.45, 2.75) is 32.7 Å². The van der Waals surface area contributed by atoms with Crippen LogP contribution < -0.4 is 14.8 Å². The van der Waals surface area contributed by atoms with Gasteiger partial charge in [-0.05, 0) is 50.8 Å². The molecule has 7 heteroatoms.